The molecule has 1 atom stereocenters. The van der Waals surface area contributed by atoms with Gasteiger partial charge in [-0.15, -0.1) is 0 Å². The van der Waals surface area contributed by atoms with E-state index in [1.54, 1.807) is 0 Å². The highest BCUT2D eigenvalue weighted by molar-refractivity contribution is 5.71. The normalized spacial score (nSPS) is 12.6. The number of hydrogen-bond donors (Lipinski definition) is 0. The molecule has 0 bridgehead atoms. The van der Waals surface area contributed by atoms with Gasteiger partial charge in [-0.2, -0.15) is 0 Å². The smallest absolute Gasteiger partial charge is 0.306 e. The molecule has 0 N–H and O–H groups in total. The molecule has 0 aliphatic rings. The molecule has 6 heteroatoms. The minimum atomic E-state index is -0.788. The molecule has 0 saturated carbocycles. The van der Waals surface area contributed by atoms with Crippen LogP contribution in [0.15, 0.2) is 72.9 Å². The van der Waals surface area contributed by atoms with Gasteiger partial charge in [0.2, 0.25) is 0 Å². The second-order valence-corrected chi connectivity index (χ2v) is 18.1. The Morgan fingerprint density at radius 3 is 0.938 bits per heavy atom. The predicted molar refractivity (Wildman–Crippen MR) is 279 cm³/mol. The zero-order valence-electron chi connectivity index (χ0n) is 42.7. The standard InChI is InChI=1S/C59H102O6/c1-4-7-10-13-16-18-20-22-24-26-28-30-32-33-35-37-39-41-43-46-49-52-58(61)64-55-56(54-63-57(60)51-48-45-15-12-9-6-3)65-59(62)53-50-47-44-42-40-38-36-34-31-29-27-25-23-21-19-17-14-11-8-5-2/h7,10,16,18,22,24,28,30,33,35,39,41,56H,4-6,8-9,11-15,17,19-21,23,25-27,29,31-32,34,36-38,40,42-55H2,1-3H3/b10-7-,18-16-,24-22-,30-28-,35-33-,41-39-. The fourth-order valence-corrected chi connectivity index (χ4v) is 7.62. The molecule has 65 heavy (non-hydrogen) atoms. The van der Waals surface area contributed by atoms with Gasteiger partial charge in [0.15, 0.2) is 6.10 Å². The molecule has 374 valence electrons. The first-order valence-electron chi connectivity index (χ1n) is 27.4. The fraction of sp³-hybridized carbons (Fsp3) is 0.746. The highest BCUT2D eigenvalue weighted by Crippen LogP contribution is 2.16. The number of rotatable bonds is 49. The lowest BCUT2D eigenvalue weighted by Crippen LogP contribution is -2.30. The van der Waals surface area contributed by atoms with Gasteiger partial charge in [0.25, 0.3) is 0 Å². The monoisotopic (exact) mass is 907 g/mol. The number of ether oxygens (including phenoxy) is 3. The van der Waals surface area contributed by atoms with Gasteiger partial charge < -0.3 is 14.2 Å². The van der Waals surface area contributed by atoms with Gasteiger partial charge in [-0.1, -0.05) is 248 Å². The first-order valence-corrected chi connectivity index (χ1v) is 27.4. The van der Waals surface area contributed by atoms with Crippen LogP contribution in [0.4, 0.5) is 0 Å². The van der Waals surface area contributed by atoms with E-state index in [2.05, 4.69) is 93.7 Å². The van der Waals surface area contributed by atoms with Crippen molar-refractivity contribution in [1.82, 2.24) is 0 Å². The van der Waals surface area contributed by atoms with Crippen molar-refractivity contribution in [3.05, 3.63) is 72.9 Å². The van der Waals surface area contributed by atoms with Crippen molar-refractivity contribution in [2.75, 3.05) is 13.2 Å². The van der Waals surface area contributed by atoms with Crippen molar-refractivity contribution in [2.24, 2.45) is 0 Å². The summed E-state index contributed by atoms with van der Waals surface area (Å²) in [6.07, 6.45) is 67.8. The van der Waals surface area contributed by atoms with Crippen LogP contribution in [-0.4, -0.2) is 37.2 Å². The summed E-state index contributed by atoms with van der Waals surface area (Å²) in [7, 11) is 0. The molecule has 0 radical (unpaired) electrons. The number of allylic oxidation sites excluding steroid dienone is 12. The van der Waals surface area contributed by atoms with Crippen molar-refractivity contribution in [2.45, 2.75) is 271 Å². The summed E-state index contributed by atoms with van der Waals surface area (Å²) in [5.74, 6) is -0.936. The Bertz CT molecular complexity index is 1230. The van der Waals surface area contributed by atoms with Crippen molar-refractivity contribution in [3.8, 4) is 0 Å². The number of carbonyl (C=O) groups is 3. The third-order valence-corrected chi connectivity index (χ3v) is 11.7. The van der Waals surface area contributed by atoms with Crippen LogP contribution in [0.1, 0.15) is 265 Å². The third kappa shape index (κ3) is 51.7. The third-order valence-electron chi connectivity index (χ3n) is 11.7. The van der Waals surface area contributed by atoms with E-state index in [1.807, 2.05) is 0 Å². The first kappa shape index (κ1) is 61.9. The average molecular weight is 907 g/mol. The minimum absolute atomic E-state index is 0.0877. The molecule has 0 aromatic heterocycles. The zero-order valence-corrected chi connectivity index (χ0v) is 42.7. The Morgan fingerprint density at radius 2 is 0.600 bits per heavy atom. The summed E-state index contributed by atoms with van der Waals surface area (Å²) in [6.45, 7) is 6.45. The van der Waals surface area contributed by atoms with Crippen LogP contribution in [0.3, 0.4) is 0 Å². The van der Waals surface area contributed by atoms with E-state index in [0.29, 0.717) is 19.3 Å². The van der Waals surface area contributed by atoms with E-state index in [0.717, 1.165) is 96.3 Å². The number of unbranched alkanes of at least 4 members (excludes halogenated alkanes) is 26. The lowest BCUT2D eigenvalue weighted by atomic mass is 10.0. The summed E-state index contributed by atoms with van der Waals surface area (Å²) in [5, 5.41) is 0. The minimum Gasteiger partial charge on any atom is -0.462 e. The summed E-state index contributed by atoms with van der Waals surface area (Å²) < 4.78 is 16.7. The maximum atomic E-state index is 12.8. The van der Waals surface area contributed by atoms with Crippen LogP contribution in [0.2, 0.25) is 0 Å². The van der Waals surface area contributed by atoms with E-state index in [1.165, 1.54) is 128 Å². The highest BCUT2D eigenvalue weighted by Gasteiger charge is 2.19. The van der Waals surface area contributed by atoms with E-state index >= 15 is 0 Å². The molecule has 0 aliphatic heterocycles. The lowest BCUT2D eigenvalue weighted by Gasteiger charge is -2.18. The van der Waals surface area contributed by atoms with Crippen LogP contribution in [-0.2, 0) is 28.6 Å². The van der Waals surface area contributed by atoms with Crippen LogP contribution >= 0.6 is 0 Å². The molecule has 0 heterocycles. The largest absolute Gasteiger partial charge is 0.462 e. The SMILES string of the molecule is CC/C=C\C/C=C\C/C=C\C/C=C\C/C=C\C/C=C\CCCCC(=O)OCC(COC(=O)CCCCCCCC)OC(=O)CCCCCCCCCCCCCCCCCCCCCC. The van der Waals surface area contributed by atoms with Gasteiger partial charge in [-0.05, 0) is 70.6 Å². The number of esters is 3. The lowest BCUT2D eigenvalue weighted by molar-refractivity contribution is -0.167. The van der Waals surface area contributed by atoms with Gasteiger partial charge in [0.05, 0.1) is 0 Å². The molecular formula is C59H102O6. The molecule has 0 aliphatic carbocycles. The Morgan fingerprint density at radius 1 is 0.323 bits per heavy atom. The Balaban J connectivity index is 4.24. The molecule has 0 saturated heterocycles. The van der Waals surface area contributed by atoms with Crippen molar-refractivity contribution in [1.29, 1.82) is 0 Å². The van der Waals surface area contributed by atoms with Crippen LogP contribution in [0, 0.1) is 0 Å². The van der Waals surface area contributed by atoms with Crippen LogP contribution < -0.4 is 0 Å². The van der Waals surface area contributed by atoms with Crippen LogP contribution in [0.5, 0.6) is 0 Å². The van der Waals surface area contributed by atoms with Crippen molar-refractivity contribution in [3.63, 3.8) is 0 Å². The molecule has 0 amide bonds. The average Bonchev–Trinajstić information content (AvgIpc) is 3.30. The van der Waals surface area contributed by atoms with Crippen molar-refractivity contribution >= 4 is 17.9 Å². The molecule has 6 nitrogen and oxygen atoms in total. The number of hydrogen-bond acceptors (Lipinski definition) is 6. The van der Waals surface area contributed by atoms with Crippen LogP contribution in [0.25, 0.3) is 0 Å². The van der Waals surface area contributed by atoms with E-state index in [4.69, 9.17) is 14.2 Å². The van der Waals surface area contributed by atoms with Gasteiger partial charge in [-0.3, -0.25) is 14.4 Å². The summed E-state index contributed by atoms with van der Waals surface area (Å²) >= 11 is 0. The Kier molecular flexibility index (Phi) is 50.9. The van der Waals surface area contributed by atoms with Gasteiger partial charge in [0, 0.05) is 19.3 Å². The molecule has 0 spiro atoms. The molecule has 0 fully saturated rings. The number of carbonyl (C=O) groups excluding carboxylic acids is 3. The van der Waals surface area contributed by atoms with Crippen molar-refractivity contribution < 1.29 is 28.6 Å². The summed E-state index contributed by atoms with van der Waals surface area (Å²) in [5.41, 5.74) is 0. The summed E-state index contributed by atoms with van der Waals surface area (Å²) in [6, 6.07) is 0. The van der Waals surface area contributed by atoms with E-state index < -0.39 is 6.10 Å². The van der Waals surface area contributed by atoms with E-state index in [9.17, 15) is 14.4 Å². The van der Waals surface area contributed by atoms with Gasteiger partial charge in [0.1, 0.15) is 13.2 Å². The van der Waals surface area contributed by atoms with E-state index in [-0.39, 0.29) is 31.1 Å². The second-order valence-electron chi connectivity index (χ2n) is 18.1. The Labute approximate surface area is 402 Å². The second kappa shape index (κ2) is 53.5. The van der Waals surface area contributed by atoms with Gasteiger partial charge in [-0.25, -0.2) is 0 Å². The molecular weight excluding hydrogens is 805 g/mol. The maximum Gasteiger partial charge on any atom is 0.306 e. The first-order chi connectivity index (χ1) is 32.0. The molecule has 1 unspecified atom stereocenters. The molecule has 0 rings (SSSR count). The fourth-order valence-electron chi connectivity index (χ4n) is 7.62. The topological polar surface area (TPSA) is 78.9 Å². The summed E-state index contributed by atoms with van der Waals surface area (Å²) in [4.78, 5) is 37.8. The zero-order chi connectivity index (χ0) is 47.2. The highest BCUT2D eigenvalue weighted by atomic mass is 16.6. The van der Waals surface area contributed by atoms with Gasteiger partial charge >= 0.3 is 17.9 Å². The quantitative estimate of drug-likeness (QED) is 0.0262. The maximum absolute atomic E-state index is 12.8. The molecule has 0 aromatic carbocycles. The predicted octanol–water partition coefficient (Wildman–Crippen LogP) is 18.2. The Hall–Kier alpha value is -3.15. The molecule has 0 aromatic rings.